The Morgan fingerprint density at radius 3 is 2.32 bits per heavy atom. The van der Waals surface area contributed by atoms with Gasteiger partial charge in [0.25, 0.3) is 5.91 Å². The van der Waals surface area contributed by atoms with Crippen molar-refractivity contribution in [2.75, 3.05) is 53.4 Å². The smallest absolute Gasteiger partial charge is 0.253 e. The minimum absolute atomic E-state index is 0.101. The molecule has 0 radical (unpaired) electrons. The molecule has 1 aromatic carbocycles. The first kappa shape index (κ1) is 19.7. The van der Waals surface area contributed by atoms with Crippen LogP contribution >= 0.6 is 0 Å². The largest absolute Gasteiger partial charge is 0.492 e. The Morgan fingerprint density at radius 2 is 1.76 bits per heavy atom. The number of rotatable bonds is 8. The van der Waals surface area contributed by atoms with Crippen molar-refractivity contribution in [3.63, 3.8) is 0 Å². The van der Waals surface area contributed by atoms with Crippen LogP contribution in [0.3, 0.4) is 0 Å². The molecule has 5 nitrogen and oxygen atoms in total. The lowest BCUT2D eigenvalue weighted by molar-refractivity contribution is 0.0659. The molecule has 1 heterocycles. The lowest BCUT2D eigenvalue weighted by atomic mass is 10.0. The zero-order chi connectivity index (χ0) is 18.2. The van der Waals surface area contributed by atoms with E-state index in [9.17, 15) is 4.79 Å². The third-order valence-corrected chi connectivity index (χ3v) is 5.23. The molecule has 1 amide bonds. The van der Waals surface area contributed by atoms with E-state index in [1.165, 1.54) is 0 Å². The molecule has 2 rings (SSSR count). The van der Waals surface area contributed by atoms with Gasteiger partial charge >= 0.3 is 0 Å². The molecule has 1 aliphatic rings. The van der Waals surface area contributed by atoms with Crippen molar-refractivity contribution in [3.05, 3.63) is 29.8 Å². The van der Waals surface area contributed by atoms with Gasteiger partial charge in [-0.2, -0.15) is 0 Å². The highest BCUT2D eigenvalue weighted by Crippen LogP contribution is 2.18. The number of benzene rings is 1. The van der Waals surface area contributed by atoms with E-state index in [1.807, 2.05) is 36.2 Å². The fourth-order valence-corrected chi connectivity index (χ4v) is 3.28. The number of carbonyl (C=O) groups is 1. The van der Waals surface area contributed by atoms with Crippen molar-refractivity contribution in [2.45, 2.75) is 32.7 Å². The van der Waals surface area contributed by atoms with E-state index in [0.29, 0.717) is 12.6 Å². The third-order valence-electron chi connectivity index (χ3n) is 5.23. The molecule has 1 fully saturated rings. The van der Waals surface area contributed by atoms with Crippen LogP contribution in [0.2, 0.25) is 0 Å². The summed E-state index contributed by atoms with van der Waals surface area (Å²) in [7, 11) is 4.06. The molecule has 0 spiro atoms. The van der Waals surface area contributed by atoms with Gasteiger partial charge in [0.1, 0.15) is 12.4 Å². The summed E-state index contributed by atoms with van der Waals surface area (Å²) >= 11 is 0. The average Bonchev–Trinajstić information content (AvgIpc) is 2.65. The number of piperidine rings is 1. The molecule has 1 saturated heterocycles. The normalized spacial score (nSPS) is 16.2. The van der Waals surface area contributed by atoms with Crippen molar-refractivity contribution < 1.29 is 9.53 Å². The topological polar surface area (TPSA) is 36.0 Å². The summed E-state index contributed by atoms with van der Waals surface area (Å²) < 4.78 is 5.79. The Labute approximate surface area is 152 Å². The second-order valence-corrected chi connectivity index (χ2v) is 6.85. The number of nitrogens with zero attached hydrogens (tertiary/aromatic N) is 3. The molecule has 0 aliphatic carbocycles. The Morgan fingerprint density at radius 1 is 1.16 bits per heavy atom. The van der Waals surface area contributed by atoms with E-state index in [0.717, 1.165) is 56.9 Å². The van der Waals surface area contributed by atoms with Crippen LogP contribution in [0.25, 0.3) is 0 Å². The molecule has 140 valence electrons. The first-order valence-corrected chi connectivity index (χ1v) is 9.46. The van der Waals surface area contributed by atoms with E-state index in [-0.39, 0.29) is 5.91 Å². The van der Waals surface area contributed by atoms with E-state index in [2.05, 4.69) is 30.7 Å². The maximum absolute atomic E-state index is 12.7. The number of hydrogen-bond acceptors (Lipinski definition) is 4. The maximum atomic E-state index is 12.7. The van der Waals surface area contributed by atoms with Crippen LogP contribution in [0.15, 0.2) is 24.3 Å². The van der Waals surface area contributed by atoms with Gasteiger partial charge in [-0.05, 0) is 70.3 Å². The van der Waals surface area contributed by atoms with Gasteiger partial charge in [-0.25, -0.2) is 0 Å². The van der Waals surface area contributed by atoms with E-state index < -0.39 is 0 Å². The number of amides is 1. The van der Waals surface area contributed by atoms with Crippen molar-refractivity contribution in [2.24, 2.45) is 0 Å². The summed E-state index contributed by atoms with van der Waals surface area (Å²) in [6.07, 6.45) is 2.09. The minimum Gasteiger partial charge on any atom is -0.492 e. The number of likely N-dealkylation sites (N-methyl/N-ethyl adjacent to an activating group) is 1. The van der Waals surface area contributed by atoms with Crippen LogP contribution in [-0.2, 0) is 0 Å². The monoisotopic (exact) mass is 347 g/mol. The van der Waals surface area contributed by atoms with Gasteiger partial charge in [-0.15, -0.1) is 0 Å². The highest BCUT2D eigenvalue weighted by molar-refractivity contribution is 5.94. The van der Waals surface area contributed by atoms with Gasteiger partial charge in [0.15, 0.2) is 0 Å². The van der Waals surface area contributed by atoms with E-state index in [1.54, 1.807) is 0 Å². The Balaban J connectivity index is 1.85. The van der Waals surface area contributed by atoms with Gasteiger partial charge in [0.05, 0.1) is 0 Å². The lowest BCUT2D eigenvalue weighted by Crippen LogP contribution is -2.44. The van der Waals surface area contributed by atoms with Crippen LogP contribution in [0.1, 0.15) is 37.0 Å². The summed E-state index contributed by atoms with van der Waals surface area (Å²) in [5.74, 6) is 0.926. The molecular formula is C20H33N3O2. The van der Waals surface area contributed by atoms with E-state index >= 15 is 0 Å². The molecule has 1 aliphatic heterocycles. The minimum atomic E-state index is 0.101. The Hall–Kier alpha value is -1.59. The highest BCUT2D eigenvalue weighted by atomic mass is 16.5. The molecule has 0 aromatic heterocycles. The van der Waals surface area contributed by atoms with Crippen LogP contribution in [0.4, 0.5) is 0 Å². The predicted molar refractivity (Wildman–Crippen MR) is 102 cm³/mol. The first-order valence-electron chi connectivity index (χ1n) is 9.46. The van der Waals surface area contributed by atoms with Crippen LogP contribution < -0.4 is 4.74 Å². The number of carbonyl (C=O) groups excluding carboxylic acids is 1. The predicted octanol–water partition coefficient (Wildman–Crippen LogP) is 2.57. The van der Waals surface area contributed by atoms with Gasteiger partial charge < -0.3 is 19.4 Å². The van der Waals surface area contributed by atoms with Crippen molar-refractivity contribution in [3.8, 4) is 5.75 Å². The molecule has 5 heteroatoms. The zero-order valence-electron chi connectivity index (χ0n) is 16.2. The molecule has 0 unspecified atom stereocenters. The van der Waals surface area contributed by atoms with Crippen molar-refractivity contribution in [1.82, 2.24) is 14.7 Å². The fourth-order valence-electron chi connectivity index (χ4n) is 3.28. The molecule has 0 atom stereocenters. The standard InChI is InChI=1S/C20H33N3O2/c1-5-23(6-2)15-16-25-19-9-7-17(8-10-19)20(24)22(4)18-11-13-21(3)14-12-18/h7-10,18H,5-6,11-16H2,1-4H3. The lowest BCUT2D eigenvalue weighted by Gasteiger charge is -2.35. The van der Waals surface area contributed by atoms with Crippen molar-refractivity contribution >= 4 is 5.91 Å². The number of likely N-dealkylation sites (tertiary alicyclic amines) is 1. The maximum Gasteiger partial charge on any atom is 0.253 e. The van der Waals surface area contributed by atoms with E-state index in [4.69, 9.17) is 4.74 Å². The zero-order valence-corrected chi connectivity index (χ0v) is 16.2. The second-order valence-electron chi connectivity index (χ2n) is 6.85. The van der Waals surface area contributed by atoms with Crippen LogP contribution in [0.5, 0.6) is 5.75 Å². The second kappa shape index (κ2) is 9.78. The number of hydrogen-bond donors (Lipinski definition) is 0. The van der Waals surface area contributed by atoms with Crippen molar-refractivity contribution in [1.29, 1.82) is 0 Å². The fraction of sp³-hybridized carbons (Fsp3) is 0.650. The van der Waals surface area contributed by atoms with Gasteiger partial charge in [-0.1, -0.05) is 13.8 Å². The highest BCUT2D eigenvalue weighted by Gasteiger charge is 2.24. The first-order chi connectivity index (χ1) is 12.0. The van der Waals surface area contributed by atoms with Crippen LogP contribution in [0, 0.1) is 0 Å². The summed E-state index contributed by atoms with van der Waals surface area (Å²) in [4.78, 5) is 19.2. The Kier molecular flexibility index (Phi) is 7.72. The molecule has 1 aromatic rings. The molecule has 25 heavy (non-hydrogen) atoms. The summed E-state index contributed by atoms with van der Waals surface area (Å²) in [5.41, 5.74) is 0.734. The molecule has 0 bridgehead atoms. The molecular weight excluding hydrogens is 314 g/mol. The quantitative estimate of drug-likeness (QED) is 0.724. The van der Waals surface area contributed by atoms with Gasteiger partial charge in [0, 0.05) is 25.2 Å². The SMILES string of the molecule is CCN(CC)CCOc1ccc(C(=O)N(C)C2CCN(C)CC2)cc1. The number of ether oxygens (including phenoxy) is 1. The molecule has 0 saturated carbocycles. The summed E-state index contributed by atoms with van der Waals surface area (Å²) in [6.45, 7) is 10.1. The van der Waals surface area contributed by atoms with Gasteiger partial charge in [-0.3, -0.25) is 4.79 Å². The van der Waals surface area contributed by atoms with Gasteiger partial charge in [0.2, 0.25) is 0 Å². The third kappa shape index (κ3) is 5.72. The molecule has 0 N–H and O–H groups in total. The Bertz CT molecular complexity index is 520. The van der Waals surface area contributed by atoms with Crippen LogP contribution in [-0.4, -0.2) is 80.1 Å². The summed E-state index contributed by atoms with van der Waals surface area (Å²) in [6, 6.07) is 7.89. The summed E-state index contributed by atoms with van der Waals surface area (Å²) in [5, 5.41) is 0. The average molecular weight is 348 g/mol.